The van der Waals surface area contributed by atoms with Crippen LogP contribution in [0.2, 0.25) is 0 Å². The van der Waals surface area contributed by atoms with Crippen LogP contribution in [0.15, 0.2) is 30.6 Å². The van der Waals surface area contributed by atoms with Crippen molar-refractivity contribution in [1.82, 2.24) is 4.40 Å². The summed E-state index contributed by atoms with van der Waals surface area (Å²) in [5, 5.41) is 0. The second-order valence-corrected chi connectivity index (χ2v) is 4.67. The number of hydrogen-bond acceptors (Lipinski definition) is 0. The highest BCUT2D eigenvalue weighted by Gasteiger charge is 2.02. The standard InChI is InChI=1S/C12H15N.C3H8/c1-9(2)11-7-12-6-10(3)4-5-13(12)8-11;1-3-2/h4-9H,1-3H3;3H2,1-2H3. The van der Waals surface area contributed by atoms with Crippen LogP contribution in [0.4, 0.5) is 0 Å². The van der Waals surface area contributed by atoms with E-state index in [0.29, 0.717) is 5.92 Å². The summed E-state index contributed by atoms with van der Waals surface area (Å²) in [5.74, 6) is 0.611. The highest BCUT2D eigenvalue weighted by molar-refractivity contribution is 5.52. The van der Waals surface area contributed by atoms with E-state index in [-0.39, 0.29) is 0 Å². The number of aromatic nitrogens is 1. The van der Waals surface area contributed by atoms with Gasteiger partial charge in [-0.1, -0.05) is 34.1 Å². The number of aryl methyl sites for hydroxylation is 1. The van der Waals surface area contributed by atoms with E-state index in [1.807, 2.05) is 0 Å². The van der Waals surface area contributed by atoms with Gasteiger partial charge < -0.3 is 4.40 Å². The number of pyridine rings is 1. The zero-order valence-electron chi connectivity index (χ0n) is 11.1. The molecule has 2 aromatic rings. The van der Waals surface area contributed by atoms with Crippen molar-refractivity contribution in [2.75, 3.05) is 0 Å². The molecule has 1 heteroatoms. The number of nitrogens with zero attached hydrogens (tertiary/aromatic N) is 1. The van der Waals surface area contributed by atoms with E-state index < -0.39 is 0 Å². The first-order chi connectivity index (χ1) is 7.58. The highest BCUT2D eigenvalue weighted by Crippen LogP contribution is 2.18. The Morgan fingerprint density at radius 1 is 1.19 bits per heavy atom. The number of hydrogen-bond donors (Lipinski definition) is 0. The van der Waals surface area contributed by atoms with E-state index in [1.54, 1.807) is 0 Å². The fraction of sp³-hybridized carbons (Fsp3) is 0.467. The summed E-state index contributed by atoms with van der Waals surface area (Å²) in [5.41, 5.74) is 4.02. The van der Waals surface area contributed by atoms with Crippen LogP contribution >= 0.6 is 0 Å². The molecule has 2 aromatic heterocycles. The van der Waals surface area contributed by atoms with Gasteiger partial charge in [-0.3, -0.25) is 0 Å². The highest BCUT2D eigenvalue weighted by atomic mass is 14.8. The van der Waals surface area contributed by atoms with E-state index in [4.69, 9.17) is 0 Å². The molecule has 0 amide bonds. The van der Waals surface area contributed by atoms with Crippen LogP contribution in [0.3, 0.4) is 0 Å². The maximum Gasteiger partial charge on any atom is 0.0455 e. The minimum atomic E-state index is 0.611. The fourth-order valence-electron chi connectivity index (χ4n) is 1.56. The minimum absolute atomic E-state index is 0.611. The van der Waals surface area contributed by atoms with Crippen LogP contribution in [0.25, 0.3) is 5.52 Å². The van der Waals surface area contributed by atoms with Crippen molar-refractivity contribution in [2.24, 2.45) is 0 Å². The molecule has 0 aliphatic rings. The first kappa shape index (κ1) is 12.8. The molecule has 0 unspecified atom stereocenters. The summed E-state index contributed by atoms with van der Waals surface area (Å²) in [4.78, 5) is 0. The molecule has 0 fully saturated rings. The average molecular weight is 217 g/mol. The topological polar surface area (TPSA) is 4.41 Å². The SMILES string of the molecule is CCC.Cc1ccn2cc(C(C)C)cc2c1. The summed E-state index contributed by atoms with van der Waals surface area (Å²) >= 11 is 0. The number of fused-ring (bicyclic) bond motifs is 1. The lowest BCUT2D eigenvalue weighted by Crippen LogP contribution is -1.82. The van der Waals surface area contributed by atoms with E-state index in [9.17, 15) is 0 Å². The van der Waals surface area contributed by atoms with Crippen LogP contribution in [0, 0.1) is 6.92 Å². The van der Waals surface area contributed by atoms with Gasteiger partial charge >= 0.3 is 0 Å². The third kappa shape index (κ3) is 3.13. The Balaban J connectivity index is 0.000000386. The Bertz CT molecular complexity index is 438. The second kappa shape index (κ2) is 5.74. The molecule has 0 aliphatic carbocycles. The van der Waals surface area contributed by atoms with Gasteiger partial charge in [0.25, 0.3) is 0 Å². The summed E-state index contributed by atoms with van der Waals surface area (Å²) in [6.07, 6.45) is 5.58. The van der Waals surface area contributed by atoms with Gasteiger partial charge in [0.05, 0.1) is 0 Å². The van der Waals surface area contributed by atoms with Crippen molar-refractivity contribution < 1.29 is 0 Å². The fourth-order valence-corrected chi connectivity index (χ4v) is 1.56. The van der Waals surface area contributed by atoms with Crippen LogP contribution in [-0.4, -0.2) is 4.40 Å². The monoisotopic (exact) mass is 217 g/mol. The van der Waals surface area contributed by atoms with Crippen molar-refractivity contribution in [2.45, 2.75) is 47.0 Å². The van der Waals surface area contributed by atoms with Crippen LogP contribution in [0.1, 0.15) is 51.2 Å². The molecule has 0 atom stereocenters. The van der Waals surface area contributed by atoms with Crippen molar-refractivity contribution in [3.05, 3.63) is 41.7 Å². The van der Waals surface area contributed by atoms with Crippen molar-refractivity contribution in [1.29, 1.82) is 0 Å². The average Bonchev–Trinajstić information content (AvgIpc) is 2.61. The van der Waals surface area contributed by atoms with E-state index in [0.717, 1.165) is 0 Å². The Morgan fingerprint density at radius 3 is 2.38 bits per heavy atom. The molecule has 0 aliphatic heterocycles. The normalized spacial score (nSPS) is 10.4. The van der Waals surface area contributed by atoms with Gasteiger partial charge in [0.15, 0.2) is 0 Å². The largest absolute Gasteiger partial charge is 0.324 e. The zero-order valence-corrected chi connectivity index (χ0v) is 11.1. The lowest BCUT2D eigenvalue weighted by Gasteiger charge is -1.96. The Morgan fingerprint density at radius 2 is 1.81 bits per heavy atom. The van der Waals surface area contributed by atoms with Gasteiger partial charge in [-0.15, -0.1) is 0 Å². The first-order valence-corrected chi connectivity index (χ1v) is 6.16. The molecule has 16 heavy (non-hydrogen) atoms. The maximum absolute atomic E-state index is 2.26. The van der Waals surface area contributed by atoms with Crippen LogP contribution in [0.5, 0.6) is 0 Å². The molecular formula is C15H23N. The van der Waals surface area contributed by atoms with Gasteiger partial charge in [0.1, 0.15) is 0 Å². The molecule has 88 valence electrons. The minimum Gasteiger partial charge on any atom is -0.324 e. The Kier molecular flexibility index (Phi) is 4.60. The van der Waals surface area contributed by atoms with E-state index in [2.05, 4.69) is 69.6 Å². The van der Waals surface area contributed by atoms with E-state index in [1.165, 1.54) is 23.1 Å². The first-order valence-electron chi connectivity index (χ1n) is 6.16. The molecule has 0 bridgehead atoms. The van der Waals surface area contributed by atoms with Crippen molar-refractivity contribution in [3.8, 4) is 0 Å². The van der Waals surface area contributed by atoms with Crippen LogP contribution in [-0.2, 0) is 0 Å². The Labute approximate surface area is 99.1 Å². The summed E-state index contributed by atoms with van der Waals surface area (Å²) < 4.78 is 2.18. The molecule has 0 spiro atoms. The lowest BCUT2D eigenvalue weighted by atomic mass is 10.1. The molecule has 0 saturated heterocycles. The molecule has 2 heterocycles. The van der Waals surface area contributed by atoms with Gasteiger partial charge in [0.2, 0.25) is 0 Å². The molecular weight excluding hydrogens is 194 g/mol. The molecule has 0 radical (unpaired) electrons. The maximum atomic E-state index is 2.26. The van der Waals surface area contributed by atoms with Crippen molar-refractivity contribution in [3.63, 3.8) is 0 Å². The summed E-state index contributed by atoms with van der Waals surface area (Å²) in [6.45, 7) is 10.8. The third-order valence-corrected chi connectivity index (χ3v) is 2.44. The van der Waals surface area contributed by atoms with Crippen molar-refractivity contribution >= 4 is 5.52 Å². The second-order valence-electron chi connectivity index (χ2n) is 4.67. The molecule has 1 nitrogen and oxygen atoms in total. The predicted octanol–water partition coefficient (Wildman–Crippen LogP) is 4.79. The summed E-state index contributed by atoms with van der Waals surface area (Å²) in [6, 6.07) is 6.61. The van der Waals surface area contributed by atoms with Gasteiger partial charge in [-0.05, 0) is 42.2 Å². The summed E-state index contributed by atoms with van der Waals surface area (Å²) in [7, 11) is 0. The smallest absolute Gasteiger partial charge is 0.0455 e. The molecule has 2 rings (SSSR count). The quantitative estimate of drug-likeness (QED) is 0.647. The molecule has 0 aromatic carbocycles. The zero-order chi connectivity index (χ0) is 12.1. The Hall–Kier alpha value is -1.24. The third-order valence-electron chi connectivity index (χ3n) is 2.44. The molecule has 0 N–H and O–H groups in total. The van der Waals surface area contributed by atoms with Gasteiger partial charge in [-0.25, -0.2) is 0 Å². The lowest BCUT2D eigenvalue weighted by molar-refractivity contribution is 0.866. The predicted molar refractivity (Wildman–Crippen MR) is 72.2 cm³/mol. The van der Waals surface area contributed by atoms with Crippen LogP contribution < -0.4 is 0 Å². The van der Waals surface area contributed by atoms with Gasteiger partial charge in [0, 0.05) is 17.9 Å². The number of rotatable bonds is 1. The van der Waals surface area contributed by atoms with E-state index >= 15 is 0 Å². The van der Waals surface area contributed by atoms with Gasteiger partial charge in [-0.2, -0.15) is 0 Å². The molecule has 0 saturated carbocycles.